The molecule has 2 amide bonds. The Morgan fingerprint density at radius 1 is 1.43 bits per heavy atom. The zero-order valence-electron chi connectivity index (χ0n) is 11.3. The van der Waals surface area contributed by atoms with Gasteiger partial charge in [-0.3, -0.25) is 19.7 Å². The van der Waals surface area contributed by atoms with Crippen molar-refractivity contribution in [3.8, 4) is 0 Å². The van der Waals surface area contributed by atoms with E-state index in [2.05, 4.69) is 5.32 Å². The van der Waals surface area contributed by atoms with Crippen molar-refractivity contribution in [3.63, 3.8) is 0 Å². The molecule has 0 aliphatic carbocycles. The molecule has 1 aliphatic heterocycles. The highest BCUT2D eigenvalue weighted by atomic mass is 16.6. The SMILES string of the molecule is NC(=O)[C@H]1CC(=O)N(CCNc2ccc([N+](=O)[O-])cc2)C1. The van der Waals surface area contributed by atoms with Crippen LogP contribution >= 0.6 is 0 Å². The van der Waals surface area contributed by atoms with Gasteiger partial charge in [-0.15, -0.1) is 0 Å². The lowest BCUT2D eigenvalue weighted by molar-refractivity contribution is -0.384. The minimum absolute atomic E-state index is 0.0274. The molecule has 1 atom stereocenters. The lowest BCUT2D eigenvalue weighted by Crippen LogP contribution is -2.32. The van der Waals surface area contributed by atoms with E-state index in [1.807, 2.05) is 0 Å². The van der Waals surface area contributed by atoms with E-state index in [1.165, 1.54) is 12.1 Å². The van der Waals surface area contributed by atoms with Crippen LogP contribution in [0.3, 0.4) is 0 Å². The van der Waals surface area contributed by atoms with E-state index in [0.29, 0.717) is 19.6 Å². The highest BCUT2D eigenvalue weighted by Gasteiger charge is 2.32. The van der Waals surface area contributed by atoms with Gasteiger partial charge in [0.2, 0.25) is 11.8 Å². The third-order valence-electron chi connectivity index (χ3n) is 3.41. The van der Waals surface area contributed by atoms with Crippen LogP contribution < -0.4 is 11.1 Å². The molecular weight excluding hydrogens is 276 g/mol. The summed E-state index contributed by atoms with van der Waals surface area (Å²) in [5, 5.41) is 13.6. The van der Waals surface area contributed by atoms with Gasteiger partial charge < -0.3 is 16.0 Å². The fraction of sp³-hybridized carbons (Fsp3) is 0.385. The quantitative estimate of drug-likeness (QED) is 0.579. The van der Waals surface area contributed by atoms with E-state index in [0.717, 1.165) is 5.69 Å². The van der Waals surface area contributed by atoms with Gasteiger partial charge in [0, 0.05) is 43.9 Å². The first-order valence-electron chi connectivity index (χ1n) is 6.53. The molecule has 0 unspecified atom stereocenters. The second-order valence-electron chi connectivity index (χ2n) is 4.87. The number of nitro benzene ring substituents is 1. The molecular formula is C13H16N4O4. The van der Waals surface area contributed by atoms with Crippen LogP contribution in [0.15, 0.2) is 24.3 Å². The number of nitro groups is 1. The van der Waals surface area contributed by atoms with Crippen LogP contribution in [-0.4, -0.2) is 41.3 Å². The molecule has 112 valence electrons. The van der Waals surface area contributed by atoms with Gasteiger partial charge in [0.1, 0.15) is 0 Å². The van der Waals surface area contributed by atoms with E-state index >= 15 is 0 Å². The summed E-state index contributed by atoms with van der Waals surface area (Å²) in [7, 11) is 0. The molecule has 21 heavy (non-hydrogen) atoms. The van der Waals surface area contributed by atoms with Gasteiger partial charge in [0.05, 0.1) is 10.8 Å². The lowest BCUT2D eigenvalue weighted by Gasteiger charge is -2.16. The Labute approximate surface area is 121 Å². The van der Waals surface area contributed by atoms with Crippen LogP contribution in [-0.2, 0) is 9.59 Å². The van der Waals surface area contributed by atoms with Gasteiger partial charge in [-0.05, 0) is 12.1 Å². The number of carbonyl (C=O) groups excluding carboxylic acids is 2. The number of nitrogens with zero attached hydrogens (tertiary/aromatic N) is 2. The minimum atomic E-state index is -0.462. The normalized spacial score (nSPS) is 17.8. The first-order valence-corrected chi connectivity index (χ1v) is 6.53. The minimum Gasteiger partial charge on any atom is -0.383 e. The number of nitrogens with one attached hydrogen (secondary N) is 1. The van der Waals surface area contributed by atoms with E-state index in [1.54, 1.807) is 17.0 Å². The molecule has 0 saturated carbocycles. The zero-order valence-corrected chi connectivity index (χ0v) is 11.3. The summed E-state index contributed by atoms with van der Waals surface area (Å²) in [5.74, 6) is -0.935. The fourth-order valence-corrected chi connectivity index (χ4v) is 2.22. The van der Waals surface area contributed by atoms with Gasteiger partial charge in [-0.1, -0.05) is 0 Å². The summed E-state index contributed by atoms with van der Waals surface area (Å²) in [6.45, 7) is 1.31. The average molecular weight is 292 g/mol. The molecule has 1 aliphatic rings. The van der Waals surface area contributed by atoms with Crippen molar-refractivity contribution in [2.45, 2.75) is 6.42 Å². The summed E-state index contributed by atoms with van der Waals surface area (Å²) < 4.78 is 0. The predicted molar refractivity (Wildman–Crippen MR) is 75.5 cm³/mol. The van der Waals surface area contributed by atoms with Crippen LogP contribution in [0.1, 0.15) is 6.42 Å². The number of benzene rings is 1. The summed E-state index contributed by atoms with van der Waals surface area (Å²) in [6, 6.07) is 6.03. The standard InChI is InChI=1S/C13H16N4O4/c14-13(19)9-7-12(18)16(8-9)6-5-15-10-1-3-11(4-2-10)17(20)21/h1-4,9,15H,5-8H2,(H2,14,19)/t9-/m0/s1. The van der Waals surface area contributed by atoms with Crippen molar-refractivity contribution in [3.05, 3.63) is 34.4 Å². The van der Waals surface area contributed by atoms with Crippen LogP contribution in [0.4, 0.5) is 11.4 Å². The maximum absolute atomic E-state index is 11.7. The number of non-ortho nitro benzene ring substituents is 1. The van der Waals surface area contributed by atoms with E-state index < -0.39 is 16.7 Å². The van der Waals surface area contributed by atoms with Crippen molar-refractivity contribution >= 4 is 23.2 Å². The Morgan fingerprint density at radius 3 is 2.62 bits per heavy atom. The number of likely N-dealkylation sites (tertiary alicyclic amines) is 1. The third-order valence-corrected chi connectivity index (χ3v) is 3.41. The number of carbonyl (C=O) groups is 2. The summed E-state index contributed by atoms with van der Waals surface area (Å²) in [6.07, 6.45) is 0.173. The highest BCUT2D eigenvalue weighted by Crippen LogP contribution is 2.18. The number of hydrogen-bond donors (Lipinski definition) is 2. The fourth-order valence-electron chi connectivity index (χ4n) is 2.22. The number of rotatable bonds is 6. The van der Waals surface area contributed by atoms with Crippen molar-refractivity contribution in [2.75, 3.05) is 25.0 Å². The molecule has 1 heterocycles. The molecule has 0 aromatic heterocycles. The van der Waals surface area contributed by atoms with Gasteiger partial charge in [-0.2, -0.15) is 0 Å². The van der Waals surface area contributed by atoms with Gasteiger partial charge in [0.15, 0.2) is 0 Å². The van der Waals surface area contributed by atoms with Crippen LogP contribution in [0.25, 0.3) is 0 Å². The molecule has 1 aromatic rings. The van der Waals surface area contributed by atoms with E-state index in [9.17, 15) is 19.7 Å². The molecule has 2 rings (SSSR count). The Balaban J connectivity index is 1.80. The Hall–Kier alpha value is -2.64. The maximum Gasteiger partial charge on any atom is 0.269 e. The molecule has 1 fully saturated rings. The second-order valence-corrected chi connectivity index (χ2v) is 4.87. The molecule has 0 spiro atoms. The Kier molecular flexibility index (Phi) is 4.36. The number of primary amides is 1. The number of anilines is 1. The van der Waals surface area contributed by atoms with Crippen molar-refractivity contribution in [2.24, 2.45) is 11.7 Å². The van der Waals surface area contributed by atoms with Gasteiger partial charge >= 0.3 is 0 Å². The third kappa shape index (κ3) is 3.68. The van der Waals surface area contributed by atoms with E-state index in [-0.39, 0.29) is 18.0 Å². The summed E-state index contributed by atoms with van der Waals surface area (Å²) >= 11 is 0. The molecule has 1 saturated heterocycles. The average Bonchev–Trinajstić information content (AvgIpc) is 2.81. The number of hydrogen-bond acceptors (Lipinski definition) is 5. The second kappa shape index (κ2) is 6.21. The first kappa shape index (κ1) is 14.8. The topological polar surface area (TPSA) is 119 Å². The Morgan fingerprint density at radius 2 is 2.10 bits per heavy atom. The molecule has 8 heteroatoms. The maximum atomic E-state index is 11.7. The van der Waals surface area contributed by atoms with Crippen LogP contribution in [0.2, 0.25) is 0 Å². The molecule has 3 N–H and O–H groups in total. The molecule has 8 nitrogen and oxygen atoms in total. The number of amides is 2. The Bertz CT molecular complexity index is 558. The van der Waals surface area contributed by atoms with Crippen molar-refractivity contribution < 1.29 is 14.5 Å². The van der Waals surface area contributed by atoms with Crippen LogP contribution in [0, 0.1) is 16.0 Å². The van der Waals surface area contributed by atoms with Crippen LogP contribution in [0.5, 0.6) is 0 Å². The first-order chi connectivity index (χ1) is 9.97. The summed E-state index contributed by atoms with van der Waals surface area (Å²) in [5.41, 5.74) is 5.95. The molecule has 1 aromatic carbocycles. The lowest BCUT2D eigenvalue weighted by atomic mass is 10.1. The van der Waals surface area contributed by atoms with Gasteiger partial charge in [0.25, 0.3) is 5.69 Å². The number of nitrogens with two attached hydrogens (primary N) is 1. The zero-order chi connectivity index (χ0) is 15.4. The van der Waals surface area contributed by atoms with Crippen molar-refractivity contribution in [1.82, 2.24) is 4.90 Å². The summed E-state index contributed by atoms with van der Waals surface area (Å²) in [4.78, 5) is 34.4. The smallest absolute Gasteiger partial charge is 0.269 e. The van der Waals surface area contributed by atoms with Gasteiger partial charge in [-0.25, -0.2) is 0 Å². The molecule has 0 bridgehead atoms. The monoisotopic (exact) mass is 292 g/mol. The predicted octanol–water partition coefficient (Wildman–Crippen LogP) is 0.340. The molecule has 0 radical (unpaired) electrons. The largest absolute Gasteiger partial charge is 0.383 e. The van der Waals surface area contributed by atoms with Crippen molar-refractivity contribution in [1.29, 1.82) is 0 Å². The highest BCUT2D eigenvalue weighted by molar-refractivity contribution is 5.88. The van der Waals surface area contributed by atoms with E-state index in [4.69, 9.17) is 5.73 Å².